The van der Waals surface area contributed by atoms with Gasteiger partial charge in [-0.3, -0.25) is 0 Å². The zero-order chi connectivity index (χ0) is 13.7. The Balaban J connectivity index is 1.72. The highest BCUT2D eigenvalue weighted by Gasteiger charge is 2.15. The molecule has 0 aliphatic carbocycles. The fourth-order valence-electron chi connectivity index (χ4n) is 2.23. The maximum Gasteiger partial charge on any atom is 0.338 e. The Bertz CT molecular complexity index is 439. The number of anilines is 1. The smallest absolute Gasteiger partial charge is 0.338 e. The van der Waals surface area contributed by atoms with E-state index in [1.165, 1.54) is 0 Å². The first-order valence-corrected chi connectivity index (χ1v) is 6.81. The number of benzene rings is 1. The first kappa shape index (κ1) is 13.9. The second kappa shape index (κ2) is 6.57. The van der Waals surface area contributed by atoms with E-state index in [1.807, 2.05) is 6.92 Å². The normalized spacial score (nSPS) is 18.5. The molecular formula is C15H21NO3. The molecule has 2 N–H and O–H groups in total. The van der Waals surface area contributed by atoms with Gasteiger partial charge in [-0.1, -0.05) is 0 Å². The van der Waals surface area contributed by atoms with E-state index in [4.69, 9.17) is 15.2 Å². The van der Waals surface area contributed by atoms with Crippen LogP contribution in [-0.4, -0.2) is 25.3 Å². The Morgan fingerprint density at radius 1 is 1.53 bits per heavy atom. The maximum atomic E-state index is 11.8. The minimum absolute atomic E-state index is 0.282. The van der Waals surface area contributed by atoms with Crippen molar-refractivity contribution in [3.63, 3.8) is 0 Å². The van der Waals surface area contributed by atoms with E-state index < -0.39 is 0 Å². The van der Waals surface area contributed by atoms with Crippen molar-refractivity contribution in [2.75, 3.05) is 18.9 Å². The van der Waals surface area contributed by atoms with Crippen molar-refractivity contribution in [3.8, 4) is 0 Å². The first-order valence-electron chi connectivity index (χ1n) is 6.81. The van der Waals surface area contributed by atoms with Crippen molar-refractivity contribution in [1.82, 2.24) is 0 Å². The summed E-state index contributed by atoms with van der Waals surface area (Å²) in [6, 6.07) is 5.20. The molecule has 104 valence electrons. The van der Waals surface area contributed by atoms with Crippen LogP contribution in [0.3, 0.4) is 0 Å². The van der Waals surface area contributed by atoms with Crippen LogP contribution in [0.5, 0.6) is 0 Å². The van der Waals surface area contributed by atoms with Crippen LogP contribution in [-0.2, 0) is 9.47 Å². The summed E-state index contributed by atoms with van der Waals surface area (Å²) in [5, 5.41) is 0. The minimum Gasteiger partial charge on any atom is -0.462 e. The Labute approximate surface area is 113 Å². The van der Waals surface area contributed by atoms with Crippen LogP contribution in [0.2, 0.25) is 0 Å². The molecule has 0 saturated carbocycles. The molecule has 1 fully saturated rings. The van der Waals surface area contributed by atoms with E-state index in [-0.39, 0.29) is 5.97 Å². The molecule has 2 rings (SSSR count). The summed E-state index contributed by atoms with van der Waals surface area (Å²) < 4.78 is 10.8. The molecule has 0 amide bonds. The van der Waals surface area contributed by atoms with Gasteiger partial charge in [-0.05, 0) is 56.4 Å². The molecule has 1 atom stereocenters. The molecule has 1 saturated heterocycles. The fourth-order valence-corrected chi connectivity index (χ4v) is 2.23. The summed E-state index contributed by atoms with van der Waals surface area (Å²) in [4.78, 5) is 11.8. The topological polar surface area (TPSA) is 61.5 Å². The van der Waals surface area contributed by atoms with E-state index in [0.29, 0.717) is 24.0 Å². The number of carbonyl (C=O) groups excluding carboxylic acids is 1. The van der Waals surface area contributed by atoms with Gasteiger partial charge in [-0.2, -0.15) is 0 Å². The quantitative estimate of drug-likeness (QED) is 0.504. The van der Waals surface area contributed by atoms with Gasteiger partial charge < -0.3 is 15.2 Å². The molecule has 19 heavy (non-hydrogen) atoms. The number of ether oxygens (including phenoxy) is 2. The molecule has 4 heteroatoms. The summed E-state index contributed by atoms with van der Waals surface area (Å²) in [6.45, 7) is 3.20. The number of hydrogen-bond donors (Lipinski definition) is 1. The molecule has 0 aromatic heterocycles. The third-order valence-corrected chi connectivity index (χ3v) is 3.43. The highest BCUT2D eigenvalue weighted by Crippen LogP contribution is 2.17. The Hall–Kier alpha value is -1.55. The summed E-state index contributed by atoms with van der Waals surface area (Å²) in [5.74, 6) is -0.282. The monoisotopic (exact) mass is 263 g/mol. The Kier molecular flexibility index (Phi) is 4.80. The zero-order valence-corrected chi connectivity index (χ0v) is 11.4. The van der Waals surface area contributed by atoms with Crippen LogP contribution in [0, 0.1) is 6.92 Å². The highest BCUT2D eigenvalue weighted by molar-refractivity contribution is 5.90. The van der Waals surface area contributed by atoms with Gasteiger partial charge in [-0.25, -0.2) is 4.79 Å². The summed E-state index contributed by atoms with van der Waals surface area (Å²) >= 11 is 0. The third-order valence-electron chi connectivity index (χ3n) is 3.43. The number of carbonyl (C=O) groups is 1. The Morgan fingerprint density at radius 3 is 3.05 bits per heavy atom. The predicted octanol–water partition coefficient (Wildman–Crippen LogP) is 2.69. The van der Waals surface area contributed by atoms with E-state index in [1.54, 1.807) is 18.2 Å². The lowest BCUT2D eigenvalue weighted by Gasteiger charge is -2.09. The number of rotatable bonds is 5. The average molecular weight is 263 g/mol. The van der Waals surface area contributed by atoms with Gasteiger partial charge in [0.1, 0.15) is 0 Å². The summed E-state index contributed by atoms with van der Waals surface area (Å²) in [6.07, 6.45) is 4.45. The highest BCUT2D eigenvalue weighted by atomic mass is 16.5. The molecule has 1 aromatic rings. The van der Waals surface area contributed by atoms with Crippen LogP contribution in [0.25, 0.3) is 0 Å². The van der Waals surface area contributed by atoms with Crippen molar-refractivity contribution < 1.29 is 14.3 Å². The molecule has 4 nitrogen and oxygen atoms in total. The van der Waals surface area contributed by atoms with E-state index >= 15 is 0 Å². The van der Waals surface area contributed by atoms with Crippen LogP contribution < -0.4 is 5.73 Å². The van der Waals surface area contributed by atoms with Crippen molar-refractivity contribution in [3.05, 3.63) is 29.3 Å². The number of aryl methyl sites for hydroxylation is 1. The molecule has 0 radical (unpaired) electrons. The molecule has 1 aliphatic heterocycles. The maximum absolute atomic E-state index is 11.8. The van der Waals surface area contributed by atoms with Crippen molar-refractivity contribution in [1.29, 1.82) is 0 Å². The summed E-state index contributed by atoms with van der Waals surface area (Å²) in [5.41, 5.74) is 7.86. The van der Waals surface area contributed by atoms with Gasteiger partial charge in [0.15, 0.2) is 0 Å². The van der Waals surface area contributed by atoms with Gasteiger partial charge in [0.05, 0.1) is 18.3 Å². The number of nitrogen functional groups attached to an aromatic ring is 1. The lowest BCUT2D eigenvalue weighted by molar-refractivity contribution is 0.0461. The van der Waals surface area contributed by atoms with E-state index in [0.717, 1.165) is 37.9 Å². The number of nitrogens with two attached hydrogens (primary N) is 1. The second-order valence-corrected chi connectivity index (χ2v) is 4.98. The predicted molar refractivity (Wildman–Crippen MR) is 74.1 cm³/mol. The fraction of sp³-hybridized carbons (Fsp3) is 0.533. The van der Waals surface area contributed by atoms with Crippen LogP contribution >= 0.6 is 0 Å². The van der Waals surface area contributed by atoms with E-state index in [9.17, 15) is 4.79 Å². The average Bonchev–Trinajstić information content (AvgIpc) is 2.91. The van der Waals surface area contributed by atoms with Gasteiger partial charge >= 0.3 is 5.97 Å². The van der Waals surface area contributed by atoms with Gasteiger partial charge in [0.2, 0.25) is 0 Å². The van der Waals surface area contributed by atoms with E-state index in [2.05, 4.69) is 0 Å². The lowest BCUT2D eigenvalue weighted by atomic mass is 10.1. The lowest BCUT2D eigenvalue weighted by Crippen LogP contribution is -2.10. The minimum atomic E-state index is -0.282. The van der Waals surface area contributed by atoms with Gasteiger partial charge in [0.25, 0.3) is 0 Å². The number of esters is 1. The largest absolute Gasteiger partial charge is 0.462 e. The van der Waals surface area contributed by atoms with Gasteiger partial charge in [0, 0.05) is 12.3 Å². The zero-order valence-electron chi connectivity index (χ0n) is 11.4. The Morgan fingerprint density at radius 2 is 2.37 bits per heavy atom. The SMILES string of the molecule is Cc1cc(C(=O)OCCCC2CCCO2)ccc1N. The molecule has 0 bridgehead atoms. The van der Waals surface area contributed by atoms with Crippen LogP contribution in [0.15, 0.2) is 18.2 Å². The third kappa shape index (κ3) is 3.96. The van der Waals surface area contributed by atoms with Crippen molar-refractivity contribution in [2.24, 2.45) is 0 Å². The number of hydrogen-bond acceptors (Lipinski definition) is 4. The molecule has 1 aliphatic rings. The van der Waals surface area contributed by atoms with Crippen molar-refractivity contribution >= 4 is 11.7 Å². The molecule has 1 unspecified atom stereocenters. The summed E-state index contributed by atoms with van der Waals surface area (Å²) in [7, 11) is 0. The second-order valence-electron chi connectivity index (χ2n) is 4.98. The molecule has 0 spiro atoms. The van der Waals surface area contributed by atoms with Gasteiger partial charge in [-0.15, -0.1) is 0 Å². The van der Waals surface area contributed by atoms with Crippen LogP contribution in [0.1, 0.15) is 41.6 Å². The molecule has 1 aromatic carbocycles. The van der Waals surface area contributed by atoms with Crippen molar-refractivity contribution in [2.45, 2.75) is 38.7 Å². The first-order chi connectivity index (χ1) is 9.16. The molecular weight excluding hydrogens is 242 g/mol. The van der Waals surface area contributed by atoms with Crippen LogP contribution in [0.4, 0.5) is 5.69 Å². The standard InChI is InChI=1S/C15H21NO3/c1-11-10-12(6-7-14(11)16)15(17)19-9-3-5-13-4-2-8-18-13/h6-7,10,13H,2-5,8-9,16H2,1H3. The molecule has 1 heterocycles.